The van der Waals surface area contributed by atoms with Crippen LogP contribution >= 0.6 is 15.9 Å². The molecule has 1 aliphatic heterocycles. The van der Waals surface area contributed by atoms with Gasteiger partial charge in [-0.15, -0.1) is 0 Å². The van der Waals surface area contributed by atoms with E-state index in [0.29, 0.717) is 5.82 Å². The predicted molar refractivity (Wildman–Crippen MR) is 78.9 cm³/mol. The predicted octanol–water partition coefficient (Wildman–Crippen LogP) is 1.06. The van der Waals surface area contributed by atoms with Gasteiger partial charge in [-0.2, -0.15) is 0 Å². The van der Waals surface area contributed by atoms with Gasteiger partial charge in [0.2, 0.25) is 0 Å². The van der Waals surface area contributed by atoms with E-state index >= 15 is 0 Å². The monoisotopic (exact) mass is 326 g/mol. The number of anilines is 2. The highest BCUT2D eigenvalue weighted by atomic mass is 79.9. The van der Waals surface area contributed by atoms with Crippen molar-refractivity contribution in [2.45, 2.75) is 12.8 Å². The van der Waals surface area contributed by atoms with Crippen LogP contribution in [0.5, 0.6) is 0 Å². The Morgan fingerprint density at radius 3 is 2.63 bits per heavy atom. The van der Waals surface area contributed by atoms with Gasteiger partial charge in [-0.25, -0.2) is 15.8 Å². The molecule has 3 N–H and O–H groups in total. The van der Waals surface area contributed by atoms with Crippen LogP contribution < -0.4 is 16.2 Å². The molecule has 0 unspecified atom stereocenters. The smallest absolute Gasteiger partial charge is 0.159 e. The Morgan fingerprint density at radius 1 is 1.26 bits per heavy atom. The number of hydrogen-bond donors (Lipinski definition) is 2. The Balaban J connectivity index is 1.64. The van der Waals surface area contributed by atoms with Crippen LogP contribution in [0.25, 0.3) is 0 Å². The summed E-state index contributed by atoms with van der Waals surface area (Å²) in [7, 11) is 0. The number of nitrogens with two attached hydrogens (primary N) is 1. The highest BCUT2D eigenvalue weighted by molar-refractivity contribution is 9.10. The van der Waals surface area contributed by atoms with Crippen molar-refractivity contribution in [3.05, 3.63) is 10.8 Å². The number of aromatic nitrogens is 2. The maximum absolute atomic E-state index is 5.44. The minimum atomic E-state index is 0.630. The molecule has 1 aromatic heterocycles. The van der Waals surface area contributed by atoms with Crippen LogP contribution in [0.2, 0.25) is 0 Å². The molecule has 3 rings (SSSR count). The summed E-state index contributed by atoms with van der Waals surface area (Å²) in [6.45, 7) is 5.50. The Morgan fingerprint density at radius 2 is 2.00 bits per heavy atom. The number of nitrogens with zero attached hydrogens (tertiary/aromatic N) is 4. The van der Waals surface area contributed by atoms with Crippen molar-refractivity contribution in [3.8, 4) is 0 Å². The van der Waals surface area contributed by atoms with E-state index in [1.165, 1.54) is 19.4 Å². The van der Waals surface area contributed by atoms with Crippen LogP contribution in [-0.2, 0) is 0 Å². The second-order valence-corrected chi connectivity index (χ2v) is 6.03. The molecule has 6 nitrogen and oxygen atoms in total. The lowest BCUT2D eigenvalue weighted by Crippen LogP contribution is -2.47. The minimum absolute atomic E-state index is 0.630. The van der Waals surface area contributed by atoms with Gasteiger partial charge in [0.25, 0.3) is 0 Å². The molecule has 1 aromatic rings. The molecule has 2 aliphatic rings. The van der Waals surface area contributed by atoms with Gasteiger partial charge in [-0.3, -0.25) is 4.90 Å². The van der Waals surface area contributed by atoms with Crippen LogP contribution in [0.1, 0.15) is 12.8 Å². The van der Waals surface area contributed by atoms with E-state index in [0.717, 1.165) is 42.4 Å². The summed E-state index contributed by atoms with van der Waals surface area (Å²) in [6.07, 6.45) is 4.39. The second-order valence-electron chi connectivity index (χ2n) is 5.24. The molecule has 19 heavy (non-hydrogen) atoms. The van der Waals surface area contributed by atoms with Gasteiger partial charge in [-0.1, -0.05) is 0 Å². The van der Waals surface area contributed by atoms with Crippen LogP contribution in [0.4, 0.5) is 11.6 Å². The molecule has 2 fully saturated rings. The Hall–Kier alpha value is -0.920. The molecule has 0 bridgehead atoms. The molecule has 1 saturated carbocycles. The fraction of sp³-hybridized carbons (Fsp3) is 0.667. The largest absolute Gasteiger partial charge is 0.353 e. The summed E-state index contributed by atoms with van der Waals surface area (Å²) in [5.41, 5.74) is 2.58. The van der Waals surface area contributed by atoms with Crippen molar-refractivity contribution in [2.75, 3.05) is 43.0 Å². The molecule has 1 saturated heterocycles. The number of nitrogen functional groups attached to an aromatic ring is 1. The number of piperazine rings is 1. The fourth-order valence-corrected chi connectivity index (χ4v) is 3.06. The first-order valence-corrected chi connectivity index (χ1v) is 7.51. The number of halogens is 1. The van der Waals surface area contributed by atoms with Crippen molar-refractivity contribution < 1.29 is 0 Å². The van der Waals surface area contributed by atoms with Crippen LogP contribution in [0.15, 0.2) is 10.8 Å². The summed E-state index contributed by atoms with van der Waals surface area (Å²) in [5, 5.41) is 0. The lowest BCUT2D eigenvalue weighted by molar-refractivity contribution is 0.247. The van der Waals surface area contributed by atoms with E-state index < -0.39 is 0 Å². The highest BCUT2D eigenvalue weighted by Crippen LogP contribution is 2.31. The van der Waals surface area contributed by atoms with Crippen LogP contribution in [-0.4, -0.2) is 47.6 Å². The molecular formula is C12H19BrN6. The Labute approximate surface area is 121 Å². The van der Waals surface area contributed by atoms with Gasteiger partial charge in [0, 0.05) is 32.7 Å². The van der Waals surface area contributed by atoms with Crippen molar-refractivity contribution in [3.63, 3.8) is 0 Å². The van der Waals surface area contributed by atoms with Gasteiger partial charge >= 0.3 is 0 Å². The molecule has 2 heterocycles. The molecule has 0 amide bonds. The molecule has 0 radical (unpaired) electrons. The summed E-state index contributed by atoms with van der Waals surface area (Å²) >= 11 is 3.52. The standard InChI is InChI=1S/C12H19BrN6/c13-10-11(17-14)15-8-16-12(10)19-5-3-18(4-6-19)7-9-1-2-9/h8-9H,1-7,14H2,(H,15,16,17). The van der Waals surface area contributed by atoms with Crippen LogP contribution in [0.3, 0.4) is 0 Å². The van der Waals surface area contributed by atoms with Crippen LogP contribution in [0, 0.1) is 5.92 Å². The lowest BCUT2D eigenvalue weighted by atomic mass is 10.2. The molecule has 0 aromatic carbocycles. The summed E-state index contributed by atoms with van der Waals surface area (Å²) in [4.78, 5) is 13.3. The molecule has 0 atom stereocenters. The molecule has 104 valence electrons. The maximum Gasteiger partial charge on any atom is 0.159 e. The summed E-state index contributed by atoms with van der Waals surface area (Å²) < 4.78 is 0.841. The van der Waals surface area contributed by atoms with Crippen molar-refractivity contribution in [1.29, 1.82) is 0 Å². The number of hydrogen-bond acceptors (Lipinski definition) is 6. The third-order valence-electron chi connectivity index (χ3n) is 3.79. The maximum atomic E-state index is 5.44. The molecular weight excluding hydrogens is 308 g/mol. The Bertz CT molecular complexity index is 442. The third-order valence-corrected chi connectivity index (χ3v) is 4.52. The SMILES string of the molecule is NNc1ncnc(N2CCN(CC3CC3)CC2)c1Br. The third kappa shape index (κ3) is 2.98. The van der Waals surface area contributed by atoms with E-state index in [9.17, 15) is 0 Å². The van der Waals surface area contributed by atoms with Gasteiger partial charge in [0.05, 0.1) is 0 Å². The number of hydrazine groups is 1. The second kappa shape index (κ2) is 5.60. The number of rotatable bonds is 4. The topological polar surface area (TPSA) is 70.3 Å². The van der Waals surface area contributed by atoms with Crippen molar-refractivity contribution in [1.82, 2.24) is 14.9 Å². The lowest BCUT2D eigenvalue weighted by Gasteiger charge is -2.35. The molecule has 0 spiro atoms. The van der Waals surface area contributed by atoms with E-state index in [1.54, 1.807) is 6.33 Å². The average Bonchev–Trinajstić information content (AvgIpc) is 3.24. The van der Waals surface area contributed by atoms with E-state index in [1.807, 2.05) is 0 Å². The highest BCUT2D eigenvalue weighted by Gasteiger charge is 2.27. The zero-order valence-corrected chi connectivity index (χ0v) is 12.4. The number of nitrogens with one attached hydrogen (secondary N) is 1. The first kappa shape index (κ1) is 13.1. The zero-order valence-electron chi connectivity index (χ0n) is 10.8. The quantitative estimate of drug-likeness (QED) is 0.636. The summed E-state index contributed by atoms with van der Waals surface area (Å²) in [5.74, 6) is 7.95. The average molecular weight is 327 g/mol. The van der Waals surface area contributed by atoms with Gasteiger partial charge in [-0.05, 0) is 34.7 Å². The normalized spacial score (nSPS) is 20.6. The first-order valence-electron chi connectivity index (χ1n) is 6.72. The zero-order chi connectivity index (χ0) is 13.2. The van der Waals surface area contributed by atoms with Gasteiger partial charge < -0.3 is 10.3 Å². The van der Waals surface area contributed by atoms with E-state index in [4.69, 9.17) is 5.84 Å². The minimum Gasteiger partial charge on any atom is -0.353 e. The van der Waals surface area contributed by atoms with Crippen molar-refractivity contribution >= 4 is 27.6 Å². The van der Waals surface area contributed by atoms with Gasteiger partial charge in [0.15, 0.2) is 5.82 Å². The fourth-order valence-electron chi connectivity index (χ4n) is 2.49. The first-order chi connectivity index (χ1) is 9.28. The van der Waals surface area contributed by atoms with Gasteiger partial charge in [0.1, 0.15) is 16.6 Å². The van der Waals surface area contributed by atoms with E-state index in [-0.39, 0.29) is 0 Å². The van der Waals surface area contributed by atoms with E-state index in [2.05, 4.69) is 41.1 Å². The molecule has 7 heteroatoms. The summed E-state index contributed by atoms with van der Waals surface area (Å²) in [6, 6.07) is 0. The molecule has 1 aliphatic carbocycles. The van der Waals surface area contributed by atoms with Crippen molar-refractivity contribution in [2.24, 2.45) is 11.8 Å². The Kier molecular flexibility index (Phi) is 3.86.